The van der Waals surface area contributed by atoms with Crippen molar-refractivity contribution >= 4 is 11.9 Å². The summed E-state index contributed by atoms with van der Waals surface area (Å²) in [5.41, 5.74) is 0. The molecule has 1 rings (SSSR count). The topological polar surface area (TPSA) is 46.6 Å². The second kappa shape index (κ2) is 5.37. The Labute approximate surface area is 96.7 Å². The number of alkyl halides is 3. The number of rotatable bonds is 2. The molecular weight excluding hydrogens is 239 g/mol. The quantitative estimate of drug-likeness (QED) is 0.698. The normalized spacial score (nSPS) is 21.2. The maximum absolute atomic E-state index is 12.0. The molecule has 1 unspecified atom stereocenters. The van der Waals surface area contributed by atoms with E-state index in [0.29, 0.717) is 12.8 Å². The van der Waals surface area contributed by atoms with Gasteiger partial charge in [-0.05, 0) is 12.8 Å². The minimum Gasteiger partial charge on any atom is -0.469 e. The number of methoxy groups -OCH3 is 1. The van der Waals surface area contributed by atoms with E-state index in [-0.39, 0.29) is 13.1 Å². The van der Waals surface area contributed by atoms with Crippen LogP contribution in [0, 0.1) is 5.92 Å². The van der Waals surface area contributed by atoms with E-state index >= 15 is 0 Å². The molecule has 1 atom stereocenters. The van der Waals surface area contributed by atoms with E-state index in [0.717, 1.165) is 4.90 Å². The van der Waals surface area contributed by atoms with Crippen LogP contribution in [0.3, 0.4) is 0 Å². The molecule has 0 bridgehead atoms. The van der Waals surface area contributed by atoms with Crippen LogP contribution in [0.15, 0.2) is 0 Å². The molecule has 0 spiro atoms. The number of esters is 1. The Bertz CT molecular complexity index is 304. The third-order valence-electron chi connectivity index (χ3n) is 2.66. The summed E-state index contributed by atoms with van der Waals surface area (Å²) in [5, 5.41) is 0. The second-order valence-corrected chi connectivity index (χ2v) is 3.99. The fourth-order valence-corrected chi connectivity index (χ4v) is 1.85. The molecule has 0 saturated carbocycles. The van der Waals surface area contributed by atoms with Crippen molar-refractivity contribution in [1.82, 2.24) is 4.90 Å². The molecule has 1 aliphatic heterocycles. The molecular formula is C10H14F3NO3. The van der Waals surface area contributed by atoms with E-state index in [9.17, 15) is 22.8 Å². The van der Waals surface area contributed by atoms with E-state index in [2.05, 4.69) is 4.74 Å². The zero-order valence-electron chi connectivity index (χ0n) is 9.42. The fraction of sp³-hybridized carbons (Fsp3) is 0.800. The lowest BCUT2D eigenvalue weighted by molar-refractivity contribution is -0.163. The van der Waals surface area contributed by atoms with Crippen LogP contribution in [0.25, 0.3) is 0 Å². The van der Waals surface area contributed by atoms with Gasteiger partial charge in [-0.15, -0.1) is 0 Å². The van der Waals surface area contributed by atoms with Crippen molar-refractivity contribution in [1.29, 1.82) is 0 Å². The van der Waals surface area contributed by atoms with Crippen LogP contribution in [0.2, 0.25) is 0 Å². The number of hydrogen-bond donors (Lipinski definition) is 0. The van der Waals surface area contributed by atoms with Gasteiger partial charge in [0.05, 0.1) is 13.0 Å². The van der Waals surface area contributed by atoms with Crippen LogP contribution in [-0.2, 0) is 14.3 Å². The van der Waals surface area contributed by atoms with Gasteiger partial charge in [0.25, 0.3) is 0 Å². The molecule has 1 saturated heterocycles. The first-order valence-electron chi connectivity index (χ1n) is 5.26. The van der Waals surface area contributed by atoms with E-state index in [1.807, 2.05) is 0 Å². The predicted octanol–water partition coefficient (Wildman–Crippen LogP) is 1.35. The third-order valence-corrected chi connectivity index (χ3v) is 2.66. The summed E-state index contributed by atoms with van der Waals surface area (Å²) in [4.78, 5) is 23.6. The zero-order chi connectivity index (χ0) is 13.1. The number of likely N-dealkylation sites (tertiary alicyclic amines) is 1. The summed E-state index contributed by atoms with van der Waals surface area (Å²) < 4.78 is 40.7. The van der Waals surface area contributed by atoms with Crippen molar-refractivity contribution in [2.75, 3.05) is 20.2 Å². The fourth-order valence-electron chi connectivity index (χ4n) is 1.85. The maximum Gasteiger partial charge on any atom is 0.397 e. The summed E-state index contributed by atoms with van der Waals surface area (Å²) in [5.74, 6) is -1.97. The van der Waals surface area contributed by atoms with Gasteiger partial charge in [-0.1, -0.05) is 0 Å². The number of ether oxygens (including phenoxy) is 1. The maximum atomic E-state index is 12.0. The summed E-state index contributed by atoms with van der Waals surface area (Å²) >= 11 is 0. The predicted molar refractivity (Wildman–Crippen MR) is 52.0 cm³/mol. The molecule has 7 heteroatoms. The molecule has 1 fully saturated rings. The average Bonchev–Trinajstić information content (AvgIpc) is 2.26. The molecule has 0 N–H and O–H groups in total. The lowest BCUT2D eigenvalue weighted by Crippen LogP contribution is -2.43. The molecule has 0 radical (unpaired) electrons. The van der Waals surface area contributed by atoms with Crippen molar-refractivity contribution in [2.24, 2.45) is 5.92 Å². The number of amides is 1. The summed E-state index contributed by atoms with van der Waals surface area (Å²) in [6, 6.07) is 0. The van der Waals surface area contributed by atoms with Gasteiger partial charge in [0, 0.05) is 13.1 Å². The first kappa shape index (κ1) is 13.8. The number of nitrogens with zero attached hydrogens (tertiary/aromatic N) is 1. The van der Waals surface area contributed by atoms with Crippen LogP contribution in [-0.4, -0.2) is 43.2 Å². The van der Waals surface area contributed by atoms with Gasteiger partial charge in [-0.25, -0.2) is 0 Å². The van der Waals surface area contributed by atoms with Gasteiger partial charge in [-0.2, -0.15) is 13.2 Å². The van der Waals surface area contributed by atoms with Gasteiger partial charge in [0.15, 0.2) is 0 Å². The first-order chi connectivity index (χ1) is 7.83. The highest BCUT2D eigenvalue weighted by molar-refractivity contribution is 5.79. The van der Waals surface area contributed by atoms with Gasteiger partial charge in [0.1, 0.15) is 6.42 Å². The lowest BCUT2D eigenvalue weighted by atomic mass is 9.98. The van der Waals surface area contributed by atoms with E-state index in [1.165, 1.54) is 7.11 Å². The number of hydrogen-bond acceptors (Lipinski definition) is 3. The minimum atomic E-state index is -4.50. The number of halogens is 3. The van der Waals surface area contributed by atoms with E-state index < -0.39 is 30.4 Å². The molecule has 98 valence electrons. The molecule has 1 aliphatic rings. The van der Waals surface area contributed by atoms with Crippen molar-refractivity contribution in [3.8, 4) is 0 Å². The number of carbonyl (C=O) groups is 2. The highest BCUT2D eigenvalue weighted by Gasteiger charge is 2.36. The van der Waals surface area contributed by atoms with Gasteiger partial charge in [0.2, 0.25) is 5.91 Å². The minimum absolute atomic E-state index is 0.0155. The van der Waals surface area contributed by atoms with Crippen LogP contribution in [0.4, 0.5) is 13.2 Å². The summed E-state index contributed by atoms with van der Waals surface area (Å²) in [6.45, 7) is 0.282. The standard InChI is InChI=1S/C10H14F3NO3/c1-17-9(16)7-3-2-4-14(6-7)8(15)5-10(11,12)13/h7H,2-6H2,1H3. The highest BCUT2D eigenvalue weighted by atomic mass is 19.4. The lowest BCUT2D eigenvalue weighted by Gasteiger charge is -2.31. The van der Waals surface area contributed by atoms with Crippen LogP contribution >= 0.6 is 0 Å². The number of carbonyl (C=O) groups excluding carboxylic acids is 2. The molecule has 0 aromatic rings. The number of piperidine rings is 1. The van der Waals surface area contributed by atoms with E-state index in [4.69, 9.17) is 0 Å². The Balaban J connectivity index is 2.55. The van der Waals surface area contributed by atoms with Crippen molar-refractivity contribution in [3.05, 3.63) is 0 Å². The monoisotopic (exact) mass is 253 g/mol. The van der Waals surface area contributed by atoms with Crippen LogP contribution < -0.4 is 0 Å². The van der Waals surface area contributed by atoms with Crippen molar-refractivity contribution in [3.63, 3.8) is 0 Å². The molecule has 1 amide bonds. The molecule has 0 aliphatic carbocycles. The smallest absolute Gasteiger partial charge is 0.397 e. The first-order valence-corrected chi connectivity index (χ1v) is 5.26. The Kier molecular flexibility index (Phi) is 4.36. The van der Waals surface area contributed by atoms with Crippen LogP contribution in [0.1, 0.15) is 19.3 Å². The van der Waals surface area contributed by atoms with Crippen molar-refractivity contribution < 1.29 is 27.5 Å². The van der Waals surface area contributed by atoms with Crippen LogP contribution in [0.5, 0.6) is 0 Å². The molecule has 17 heavy (non-hydrogen) atoms. The summed E-state index contributed by atoms with van der Waals surface area (Å²) in [7, 11) is 1.22. The Hall–Kier alpha value is -1.27. The largest absolute Gasteiger partial charge is 0.469 e. The van der Waals surface area contributed by atoms with Gasteiger partial charge in [-0.3, -0.25) is 9.59 Å². The SMILES string of the molecule is COC(=O)C1CCCN(C(=O)CC(F)(F)F)C1. The summed E-state index contributed by atoms with van der Waals surface area (Å²) in [6.07, 6.45) is -4.91. The van der Waals surface area contributed by atoms with Gasteiger partial charge < -0.3 is 9.64 Å². The highest BCUT2D eigenvalue weighted by Crippen LogP contribution is 2.24. The third kappa shape index (κ3) is 4.24. The molecule has 0 aromatic heterocycles. The Morgan fingerprint density at radius 2 is 2.06 bits per heavy atom. The molecule has 1 heterocycles. The van der Waals surface area contributed by atoms with E-state index in [1.54, 1.807) is 0 Å². The zero-order valence-corrected chi connectivity index (χ0v) is 9.42. The Morgan fingerprint density at radius 1 is 1.41 bits per heavy atom. The Morgan fingerprint density at radius 3 is 2.59 bits per heavy atom. The average molecular weight is 253 g/mol. The second-order valence-electron chi connectivity index (χ2n) is 3.99. The molecule has 4 nitrogen and oxygen atoms in total. The van der Waals surface area contributed by atoms with Gasteiger partial charge >= 0.3 is 12.1 Å². The van der Waals surface area contributed by atoms with Crippen molar-refractivity contribution in [2.45, 2.75) is 25.4 Å². The molecule has 0 aromatic carbocycles.